The Labute approximate surface area is 140 Å². The molecule has 1 unspecified atom stereocenters. The Hall–Kier alpha value is -1.66. The maximum Gasteiger partial charge on any atom is 0.255 e. The lowest BCUT2D eigenvalue weighted by molar-refractivity contribution is -0.121. The van der Waals surface area contributed by atoms with Gasteiger partial charge >= 0.3 is 0 Å². The largest absolute Gasteiger partial charge is 0.354 e. The van der Waals surface area contributed by atoms with Crippen molar-refractivity contribution in [2.24, 2.45) is 5.73 Å². The molecule has 2 amide bonds. The van der Waals surface area contributed by atoms with Crippen LogP contribution in [0, 0.1) is 5.82 Å². The highest BCUT2D eigenvalue weighted by Gasteiger charge is 2.28. The van der Waals surface area contributed by atoms with Crippen molar-refractivity contribution in [2.75, 3.05) is 19.6 Å². The molecule has 5 nitrogen and oxygen atoms in total. The van der Waals surface area contributed by atoms with Crippen LogP contribution < -0.4 is 11.1 Å². The number of nitrogens with two attached hydrogens (primary N) is 1. The van der Waals surface area contributed by atoms with Gasteiger partial charge in [0.2, 0.25) is 5.91 Å². The second-order valence-corrected chi connectivity index (χ2v) is 6.02. The highest BCUT2D eigenvalue weighted by Crippen LogP contribution is 2.24. The van der Waals surface area contributed by atoms with E-state index < -0.39 is 5.82 Å². The second-order valence-electron chi connectivity index (χ2n) is 5.62. The molecule has 0 aromatic heterocycles. The molecular weight excluding hydrogens is 321 g/mol. The normalized spacial score (nSPS) is 17.9. The van der Waals surface area contributed by atoms with Crippen molar-refractivity contribution < 1.29 is 14.0 Å². The summed E-state index contributed by atoms with van der Waals surface area (Å²) >= 11 is 5.99. The lowest BCUT2D eigenvalue weighted by Crippen LogP contribution is -2.49. The first-order valence-corrected chi connectivity index (χ1v) is 8.13. The fraction of sp³-hybridized carbons (Fsp3) is 0.500. The third-order valence-corrected chi connectivity index (χ3v) is 4.27. The van der Waals surface area contributed by atoms with Crippen molar-refractivity contribution in [3.8, 4) is 0 Å². The highest BCUT2D eigenvalue weighted by molar-refractivity contribution is 6.33. The molecule has 0 spiro atoms. The van der Waals surface area contributed by atoms with E-state index in [-0.39, 0.29) is 34.9 Å². The molecule has 7 heteroatoms. The van der Waals surface area contributed by atoms with Crippen LogP contribution in [-0.2, 0) is 4.79 Å². The van der Waals surface area contributed by atoms with Crippen LogP contribution >= 0.6 is 11.6 Å². The van der Waals surface area contributed by atoms with E-state index in [2.05, 4.69) is 5.32 Å². The number of carbonyl (C=O) groups excluding carboxylic acids is 2. The Morgan fingerprint density at radius 3 is 2.87 bits per heavy atom. The van der Waals surface area contributed by atoms with Gasteiger partial charge in [0, 0.05) is 32.1 Å². The summed E-state index contributed by atoms with van der Waals surface area (Å²) in [7, 11) is 0. The molecule has 23 heavy (non-hydrogen) atoms. The van der Waals surface area contributed by atoms with E-state index in [4.69, 9.17) is 17.3 Å². The number of amides is 2. The number of hydrogen-bond donors (Lipinski definition) is 2. The molecule has 1 aliphatic rings. The van der Waals surface area contributed by atoms with Crippen molar-refractivity contribution in [2.45, 2.75) is 31.7 Å². The van der Waals surface area contributed by atoms with Crippen molar-refractivity contribution >= 4 is 23.4 Å². The SMILES string of the molecule is NCCC(=O)NCC1CCCCN1C(=O)c1ccc(F)cc1Cl. The average molecular weight is 342 g/mol. The Morgan fingerprint density at radius 1 is 1.39 bits per heavy atom. The number of benzene rings is 1. The van der Waals surface area contributed by atoms with Gasteiger partial charge in [0.15, 0.2) is 0 Å². The Balaban J connectivity index is 2.07. The quantitative estimate of drug-likeness (QED) is 0.859. The van der Waals surface area contributed by atoms with Gasteiger partial charge in [0.05, 0.1) is 10.6 Å². The van der Waals surface area contributed by atoms with Crippen LogP contribution in [0.15, 0.2) is 18.2 Å². The first kappa shape index (κ1) is 17.7. The van der Waals surface area contributed by atoms with Crippen LogP contribution in [0.4, 0.5) is 4.39 Å². The van der Waals surface area contributed by atoms with Gasteiger partial charge in [-0.15, -0.1) is 0 Å². The van der Waals surface area contributed by atoms with Crippen LogP contribution in [0.2, 0.25) is 5.02 Å². The molecule has 1 saturated heterocycles. The van der Waals surface area contributed by atoms with E-state index in [9.17, 15) is 14.0 Å². The predicted octanol–water partition coefficient (Wildman–Crippen LogP) is 1.94. The molecule has 0 saturated carbocycles. The number of carbonyl (C=O) groups is 2. The number of likely N-dealkylation sites (tertiary alicyclic amines) is 1. The molecule has 1 heterocycles. The zero-order valence-electron chi connectivity index (χ0n) is 12.9. The number of nitrogens with zero attached hydrogens (tertiary/aromatic N) is 1. The van der Waals surface area contributed by atoms with Crippen LogP contribution in [0.1, 0.15) is 36.0 Å². The van der Waals surface area contributed by atoms with E-state index in [0.29, 0.717) is 19.6 Å². The maximum atomic E-state index is 13.1. The van der Waals surface area contributed by atoms with Gasteiger partial charge in [-0.3, -0.25) is 9.59 Å². The summed E-state index contributed by atoms with van der Waals surface area (Å²) in [6.07, 6.45) is 2.98. The van der Waals surface area contributed by atoms with E-state index in [1.54, 1.807) is 4.90 Å². The van der Waals surface area contributed by atoms with E-state index in [0.717, 1.165) is 25.3 Å². The van der Waals surface area contributed by atoms with Crippen molar-refractivity contribution in [3.05, 3.63) is 34.6 Å². The molecule has 0 radical (unpaired) electrons. The third kappa shape index (κ3) is 4.65. The molecule has 0 aliphatic carbocycles. The first-order valence-electron chi connectivity index (χ1n) is 7.75. The van der Waals surface area contributed by atoms with Gasteiger partial charge in [-0.25, -0.2) is 4.39 Å². The molecule has 1 fully saturated rings. The minimum absolute atomic E-state index is 0.0842. The Bertz CT molecular complexity index is 582. The molecule has 126 valence electrons. The summed E-state index contributed by atoms with van der Waals surface area (Å²) in [4.78, 5) is 26.0. The summed E-state index contributed by atoms with van der Waals surface area (Å²) in [5.41, 5.74) is 5.63. The molecular formula is C16H21ClFN3O2. The molecule has 1 aromatic rings. The monoisotopic (exact) mass is 341 g/mol. The van der Waals surface area contributed by atoms with Crippen LogP contribution in [-0.4, -0.2) is 42.4 Å². The number of halogens is 2. The maximum absolute atomic E-state index is 13.1. The summed E-state index contributed by atoms with van der Waals surface area (Å²) in [5.74, 6) is -0.825. The van der Waals surface area contributed by atoms with Gasteiger partial charge in [-0.1, -0.05) is 11.6 Å². The summed E-state index contributed by atoms with van der Waals surface area (Å²) in [6, 6.07) is 3.68. The van der Waals surface area contributed by atoms with Gasteiger partial charge in [0.25, 0.3) is 5.91 Å². The minimum Gasteiger partial charge on any atom is -0.354 e. The van der Waals surface area contributed by atoms with Gasteiger partial charge in [-0.2, -0.15) is 0 Å². The van der Waals surface area contributed by atoms with Gasteiger partial charge < -0.3 is 16.0 Å². The molecule has 0 bridgehead atoms. The molecule has 1 atom stereocenters. The number of rotatable bonds is 5. The standard InChI is InChI=1S/C16H21ClFN3O2/c17-14-9-11(18)4-5-13(14)16(23)21-8-2-1-3-12(21)10-20-15(22)6-7-19/h4-5,9,12H,1-3,6-8,10,19H2,(H,20,22). The average Bonchev–Trinajstić information content (AvgIpc) is 2.53. The smallest absolute Gasteiger partial charge is 0.255 e. The Kier molecular flexibility index (Phi) is 6.36. The second kappa shape index (κ2) is 8.26. The lowest BCUT2D eigenvalue weighted by Gasteiger charge is -2.36. The fourth-order valence-electron chi connectivity index (χ4n) is 2.75. The summed E-state index contributed by atoms with van der Waals surface area (Å²) in [5, 5.41) is 2.91. The molecule has 2 rings (SSSR count). The number of hydrogen-bond acceptors (Lipinski definition) is 3. The highest BCUT2D eigenvalue weighted by atomic mass is 35.5. The summed E-state index contributed by atoms with van der Waals surface area (Å²) in [6.45, 7) is 1.29. The number of nitrogens with one attached hydrogen (secondary N) is 1. The van der Waals surface area contributed by atoms with Crippen LogP contribution in [0.3, 0.4) is 0 Å². The lowest BCUT2D eigenvalue weighted by atomic mass is 10.0. The Morgan fingerprint density at radius 2 is 2.17 bits per heavy atom. The van der Waals surface area contributed by atoms with Gasteiger partial charge in [0.1, 0.15) is 5.82 Å². The number of piperidine rings is 1. The van der Waals surface area contributed by atoms with Crippen molar-refractivity contribution in [1.29, 1.82) is 0 Å². The van der Waals surface area contributed by atoms with Gasteiger partial charge in [-0.05, 0) is 37.5 Å². The zero-order valence-corrected chi connectivity index (χ0v) is 13.6. The molecule has 3 N–H and O–H groups in total. The molecule has 1 aliphatic heterocycles. The van der Waals surface area contributed by atoms with Crippen LogP contribution in [0.25, 0.3) is 0 Å². The van der Waals surface area contributed by atoms with Crippen LogP contribution in [0.5, 0.6) is 0 Å². The third-order valence-electron chi connectivity index (χ3n) is 3.96. The predicted molar refractivity (Wildman–Crippen MR) is 86.8 cm³/mol. The summed E-state index contributed by atoms with van der Waals surface area (Å²) < 4.78 is 13.1. The molecule has 1 aromatic carbocycles. The fourth-order valence-corrected chi connectivity index (χ4v) is 3.00. The zero-order chi connectivity index (χ0) is 16.8. The van der Waals surface area contributed by atoms with E-state index >= 15 is 0 Å². The van der Waals surface area contributed by atoms with Crippen molar-refractivity contribution in [3.63, 3.8) is 0 Å². The topological polar surface area (TPSA) is 75.4 Å². The minimum atomic E-state index is -0.476. The van der Waals surface area contributed by atoms with E-state index in [1.807, 2.05) is 0 Å². The van der Waals surface area contributed by atoms with E-state index in [1.165, 1.54) is 12.1 Å². The van der Waals surface area contributed by atoms with Crippen molar-refractivity contribution in [1.82, 2.24) is 10.2 Å². The first-order chi connectivity index (χ1) is 11.0.